The molecule has 0 radical (unpaired) electrons. The number of anilines is 1. The maximum Gasteiger partial charge on any atom is 0.264 e. The second-order valence-corrected chi connectivity index (χ2v) is 12.7. The molecule has 0 unspecified atom stereocenters. The summed E-state index contributed by atoms with van der Waals surface area (Å²) in [6.45, 7) is 8.81. The van der Waals surface area contributed by atoms with Crippen molar-refractivity contribution in [3.05, 3.63) is 93.5 Å². The average molecular weight is 605 g/mol. The fourth-order valence-corrected chi connectivity index (χ4v) is 6.02. The molecular weight excluding hydrogens is 569 g/mol. The maximum atomic E-state index is 14.0. The minimum atomic E-state index is -4.21. The standard InChI is InChI=1S/C30H35Cl2N3O4S/c1-6-22(4)33-30(37)23(5)34(18-24-9-7-8-21(3)14-24)29(36)19-35(27-16-25(31)15-26(32)17-27)40(38,39)28-12-10-20(2)11-13-28/h7-17,22-23H,6,18-19H2,1-5H3,(H,33,37)/t22-,23+/m1/s1. The molecule has 2 amide bonds. The molecular formula is C30H35Cl2N3O4S. The Morgan fingerprint density at radius 1 is 0.900 bits per heavy atom. The zero-order chi connectivity index (χ0) is 29.6. The zero-order valence-corrected chi connectivity index (χ0v) is 25.6. The van der Waals surface area contributed by atoms with Crippen LogP contribution in [0.3, 0.4) is 0 Å². The van der Waals surface area contributed by atoms with Crippen LogP contribution in [-0.4, -0.2) is 43.8 Å². The molecule has 0 aliphatic heterocycles. The van der Waals surface area contributed by atoms with Crippen LogP contribution in [0.2, 0.25) is 10.0 Å². The molecule has 0 aromatic heterocycles. The van der Waals surface area contributed by atoms with Crippen molar-refractivity contribution in [3.8, 4) is 0 Å². The number of nitrogens with zero attached hydrogens (tertiary/aromatic N) is 2. The van der Waals surface area contributed by atoms with Crippen molar-refractivity contribution in [2.45, 2.75) is 64.6 Å². The van der Waals surface area contributed by atoms with Gasteiger partial charge in [0.15, 0.2) is 0 Å². The minimum absolute atomic E-state index is 0.00907. The number of hydrogen-bond acceptors (Lipinski definition) is 4. The van der Waals surface area contributed by atoms with Crippen LogP contribution >= 0.6 is 23.2 Å². The highest BCUT2D eigenvalue weighted by molar-refractivity contribution is 7.92. The number of sulfonamides is 1. The predicted molar refractivity (Wildman–Crippen MR) is 161 cm³/mol. The lowest BCUT2D eigenvalue weighted by Gasteiger charge is -2.32. The van der Waals surface area contributed by atoms with Crippen molar-refractivity contribution >= 4 is 50.7 Å². The van der Waals surface area contributed by atoms with Gasteiger partial charge in [0.2, 0.25) is 11.8 Å². The van der Waals surface area contributed by atoms with Crippen LogP contribution in [0.15, 0.2) is 71.6 Å². The topological polar surface area (TPSA) is 86.8 Å². The van der Waals surface area contributed by atoms with Crippen molar-refractivity contribution in [1.29, 1.82) is 0 Å². The zero-order valence-electron chi connectivity index (χ0n) is 23.3. The maximum absolute atomic E-state index is 14.0. The predicted octanol–water partition coefficient (Wildman–Crippen LogP) is 6.14. The lowest BCUT2D eigenvalue weighted by atomic mass is 10.1. The summed E-state index contributed by atoms with van der Waals surface area (Å²) >= 11 is 12.5. The van der Waals surface area contributed by atoms with Crippen LogP contribution in [0.25, 0.3) is 0 Å². The van der Waals surface area contributed by atoms with Gasteiger partial charge in [0.1, 0.15) is 12.6 Å². The van der Waals surface area contributed by atoms with E-state index in [1.807, 2.05) is 52.0 Å². The van der Waals surface area contributed by atoms with E-state index in [1.54, 1.807) is 19.1 Å². The number of benzene rings is 3. The van der Waals surface area contributed by atoms with Crippen molar-refractivity contribution < 1.29 is 18.0 Å². The average Bonchev–Trinajstić information content (AvgIpc) is 2.89. The molecule has 40 heavy (non-hydrogen) atoms. The summed E-state index contributed by atoms with van der Waals surface area (Å²) in [7, 11) is -4.21. The Morgan fingerprint density at radius 3 is 2.10 bits per heavy atom. The monoisotopic (exact) mass is 603 g/mol. The van der Waals surface area contributed by atoms with Crippen LogP contribution in [0, 0.1) is 13.8 Å². The number of aryl methyl sites for hydroxylation is 2. The van der Waals surface area contributed by atoms with Gasteiger partial charge < -0.3 is 10.2 Å². The number of carbonyl (C=O) groups is 2. The molecule has 7 nitrogen and oxygen atoms in total. The second-order valence-electron chi connectivity index (χ2n) is 9.96. The third-order valence-corrected chi connectivity index (χ3v) is 8.85. The highest BCUT2D eigenvalue weighted by Gasteiger charge is 2.33. The molecule has 0 bridgehead atoms. The molecule has 0 aliphatic rings. The Bertz CT molecular complexity index is 1440. The number of rotatable bonds is 11. The van der Waals surface area contributed by atoms with Gasteiger partial charge in [0.05, 0.1) is 10.6 Å². The van der Waals surface area contributed by atoms with E-state index in [-0.39, 0.29) is 39.1 Å². The van der Waals surface area contributed by atoms with Crippen LogP contribution in [0.1, 0.15) is 43.9 Å². The second kappa shape index (κ2) is 13.5. The van der Waals surface area contributed by atoms with Crippen molar-refractivity contribution in [2.75, 3.05) is 10.8 Å². The quantitative estimate of drug-likeness (QED) is 0.285. The molecule has 0 fully saturated rings. The molecule has 0 spiro atoms. The van der Waals surface area contributed by atoms with Gasteiger partial charge in [-0.1, -0.05) is 77.7 Å². The lowest BCUT2D eigenvalue weighted by Crippen LogP contribution is -2.52. The summed E-state index contributed by atoms with van der Waals surface area (Å²) in [6.07, 6.45) is 0.725. The van der Waals surface area contributed by atoms with Crippen LogP contribution in [-0.2, 0) is 26.2 Å². The van der Waals surface area contributed by atoms with Crippen LogP contribution in [0.5, 0.6) is 0 Å². The third-order valence-electron chi connectivity index (χ3n) is 6.63. The van der Waals surface area contributed by atoms with Gasteiger partial charge >= 0.3 is 0 Å². The van der Waals surface area contributed by atoms with E-state index in [2.05, 4.69) is 5.32 Å². The van der Waals surface area contributed by atoms with E-state index in [4.69, 9.17) is 23.2 Å². The number of nitrogens with one attached hydrogen (secondary N) is 1. The Labute approximate surface area is 247 Å². The molecule has 3 aromatic rings. The Kier molecular flexibility index (Phi) is 10.6. The van der Waals surface area contributed by atoms with Gasteiger partial charge in [-0.05, 0) is 70.0 Å². The van der Waals surface area contributed by atoms with E-state index in [1.165, 1.54) is 35.2 Å². The molecule has 3 aromatic carbocycles. The molecule has 0 saturated carbocycles. The fourth-order valence-electron chi connectivity index (χ4n) is 4.10. The first-order valence-corrected chi connectivity index (χ1v) is 15.2. The van der Waals surface area contributed by atoms with Crippen molar-refractivity contribution in [1.82, 2.24) is 10.2 Å². The summed E-state index contributed by atoms with van der Waals surface area (Å²) < 4.78 is 28.8. The van der Waals surface area contributed by atoms with Gasteiger partial charge in [-0.3, -0.25) is 13.9 Å². The van der Waals surface area contributed by atoms with Crippen molar-refractivity contribution in [3.63, 3.8) is 0 Å². The number of amides is 2. The first-order valence-electron chi connectivity index (χ1n) is 13.0. The summed E-state index contributed by atoms with van der Waals surface area (Å²) in [5.41, 5.74) is 2.84. The van der Waals surface area contributed by atoms with Gasteiger partial charge in [-0.2, -0.15) is 0 Å². The molecule has 0 heterocycles. The highest BCUT2D eigenvalue weighted by atomic mass is 35.5. The molecule has 1 N–H and O–H groups in total. The van der Waals surface area contributed by atoms with E-state index >= 15 is 0 Å². The molecule has 0 aliphatic carbocycles. The smallest absolute Gasteiger partial charge is 0.264 e. The van der Waals surface area contributed by atoms with Gasteiger partial charge in [0, 0.05) is 22.6 Å². The summed E-state index contributed by atoms with van der Waals surface area (Å²) in [5.74, 6) is -0.880. The lowest BCUT2D eigenvalue weighted by molar-refractivity contribution is -0.139. The summed E-state index contributed by atoms with van der Waals surface area (Å²) in [6, 6.07) is 17.4. The largest absolute Gasteiger partial charge is 0.352 e. The van der Waals surface area contributed by atoms with Crippen LogP contribution in [0.4, 0.5) is 5.69 Å². The molecule has 214 valence electrons. The fraction of sp³-hybridized carbons (Fsp3) is 0.333. The number of carbonyl (C=O) groups excluding carboxylic acids is 2. The van der Waals surface area contributed by atoms with Gasteiger partial charge in [0.25, 0.3) is 10.0 Å². The molecule has 10 heteroatoms. The van der Waals surface area contributed by atoms with Crippen LogP contribution < -0.4 is 9.62 Å². The summed E-state index contributed by atoms with van der Waals surface area (Å²) in [5, 5.41) is 3.36. The number of hydrogen-bond donors (Lipinski definition) is 1. The normalized spacial score (nSPS) is 12.9. The molecule has 0 saturated heterocycles. The van der Waals surface area contributed by atoms with Crippen molar-refractivity contribution in [2.24, 2.45) is 0 Å². The first-order chi connectivity index (χ1) is 18.8. The Morgan fingerprint density at radius 2 is 1.52 bits per heavy atom. The van der Waals surface area contributed by atoms with E-state index in [0.29, 0.717) is 0 Å². The van der Waals surface area contributed by atoms with Gasteiger partial charge in [-0.15, -0.1) is 0 Å². The van der Waals surface area contributed by atoms with Gasteiger partial charge in [-0.25, -0.2) is 8.42 Å². The summed E-state index contributed by atoms with van der Waals surface area (Å²) in [4.78, 5) is 28.5. The highest BCUT2D eigenvalue weighted by Crippen LogP contribution is 2.30. The molecule has 2 atom stereocenters. The Balaban J connectivity index is 2.06. The Hall–Kier alpha value is -3.07. The minimum Gasteiger partial charge on any atom is -0.352 e. The third kappa shape index (κ3) is 7.99. The van der Waals surface area contributed by atoms with E-state index in [9.17, 15) is 18.0 Å². The molecule has 3 rings (SSSR count). The first kappa shape index (κ1) is 31.5. The SMILES string of the molecule is CC[C@@H](C)NC(=O)[C@H](C)N(Cc1cccc(C)c1)C(=O)CN(c1cc(Cl)cc(Cl)c1)S(=O)(=O)c1ccc(C)cc1. The number of halogens is 2. The van der Waals surface area contributed by atoms with E-state index < -0.39 is 28.5 Å². The van der Waals surface area contributed by atoms with E-state index in [0.717, 1.165) is 27.4 Å².